The van der Waals surface area contributed by atoms with Crippen LogP contribution in [-0.4, -0.2) is 4.98 Å². The first-order valence-corrected chi connectivity index (χ1v) is 7.64. The zero-order valence-corrected chi connectivity index (χ0v) is 12.6. The van der Waals surface area contributed by atoms with Crippen LogP contribution in [0.5, 0.6) is 0 Å². The Balaban J connectivity index is 2.08. The van der Waals surface area contributed by atoms with Crippen LogP contribution in [0.2, 0.25) is 0 Å². The molecule has 2 N–H and O–H groups in total. The molecule has 1 aromatic heterocycles. The summed E-state index contributed by atoms with van der Waals surface area (Å²) < 4.78 is 0. The van der Waals surface area contributed by atoms with Gasteiger partial charge < -0.3 is 5.73 Å². The second-order valence-corrected chi connectivity index (χ2v) is 7.10. The third kappa shape index (κ3) is 2.58. The number of benzene rings is 1. The highest BCUT2D eigenvalue weighted by molar-refractivity contribution is 7.15. The molecule has 3 rings (SSSR count). The molecule has 0 unspecified atom stereocenters. The molecule has 0 aliphatic heterocycles. The van der Waals surface area contributed by atoms with Crippen LogP contribution in [0.3, 0.4) is 0 Å². The Bertz CT molecular complexity index is 603. The Morgan fingerprint density at radius 3 is 2.63 bits per heavy atom. The van der Waals surface area contributed by atoms with Gasteiger partial charge in [-0.25, -0.2) is 4.98 Å². The van der Waals surface area contributed by atoms with E-state index in [-0.39, 0.29) is 5.54 Å². The number of hydrogen-bond donors (Lipinski definition) is 1. The van der Waals surface area contributed by atoms with Gasteiger partial charge >= 0.3 is 0 Å². The number of hydrogen-bond acceptors (Lipinski definition) is 3. The van der Waals surface area contributed by atoms with Crippen molar-refractivity contribution in [2.45, 2.75) is 45.1 Å². The molecule has 1 aliphatic rings. The van der Waals surface area contributed by atoms with E-state index in [0.717, 1.165) is 5.01 Å². The van der Waals surface area contributed by atoms with Gasteiger partial charge in [-0.05, 0) is 39.7 Å². The molecule has 2 nitrogen and oxygen atoms in total. The van der Waals surface area contributed by atoms with Crippen molar-refractivity contribution in [2.75, 3.05) is 0 Å². The van der Waals surface area contributed by atoms with Crippen LogP contribution >= 0.6 is 11.3 Å². The number of nitrogens with zero attached hydrogens (tertiary/aromatic N) is 1. The van der Waals surface area contributed by atoms with E-state index >= 15 is 0 Å². The third-order valence-electron chi connectivity index (χ3n) is 3.47. The highest BCUT2D eigenvalue weighted by atomic mass is 32.1. The molecule has 0 atom stereocenters. The van der Waals surface area contributed by atoms with E-state index in [0.29, 0.717) is 5.92 Å². The fourth-order valence-electron chi connectivity index (χ4n) is 2.33. The summed E-state index contributed by atoms with van der Waals surface area (Å²) in [4.78, 5) is 6.14. The first kappa shape index (κ1) is 12.8. The van der Waals surface area contributed by atoms with Crippen molar-refractivity contribution in [3.8, 4) is 10.6 Å². The SMILES string of the molecule is Cc1cccc(-c2nc(C3CC3)c(C(C)(C)N)s2)c1. The molecule has 1 saturated carbocycles. The normalized spacial score (nSPS) is 15.8. The van der Waals surface area contributed by atoms with Crippen LogP contribution < -0.4 is 5.73 Å². The van der Waals surface area contributed by atoms with Gasteiger partial charge in [-0.1, -0.05) is 23.8 Å². The Hall–Kier alpha value is -1.19. The molecule has 1 heterocycles. The summed E-state index contributed by atoms with van der Waals surface area (Å²) in [6.45, 7) is 6.27. The van der Waals surface area contributed by atoms with Crippen LogP contribution in [-0.2, 0) is 5.54 Å². The fourth-order valence-corrected chi connectivity index (χ4v) is 3.49. The van der Waals surface area contributed by atoms with E-state index in [4.69, 9.17) is 10.7 Å². The summed E-state index contributed by atoms with van der Waals surface area (Å²) in [7, 11) is 0. The molecule has 0 radical (unpaired) electrons. The van der Waals surface area contributed by atoms with E-state index < -0.39 is 0 Å². The molecule has 0 amide bonds. The van der Waals surface area contributed by atoms with E-state index in [9.17, 15) is 0 Å². The van der Waals surface area contributed by atoms with Crippen LogP contribution in [0.15, 0.2) is 24.3 Å². The second kappa shape index (κ2) is 4.43. The van der Waals surface area contributed by atoms with E-state index in [1.54, 1.807) is 11.3 Å². The predicted molar refractivity (Wildman–Crippen MR) is 81.5 cm³/mol. The number of aromatic nitrogens is 1. The molecule has 1 aliphatic carbocycles. The lowest BCUT2D eigenvalue weighted by atomic mass is 10.0. The van der Waals surface area contributed by atoms with Gasteiger partial charge in [0.1, 0.15) is 5.01 Å². The highest BCUT2D eigenvalue weighted by Crippen LogP contribution is 2.46. The van der Waals surface area contributed by atoms with Gasteiger partial charge in [0.25, 0.3) is 0 Å². The minimum absolute atomic E-state index is 0.294. The molecule has 3 heteroatoms. The lowest BCUT2D eigenvalue weighted by molar-refractivity contribution is 0.559. The fraction of sp³-hybridized carbons (Fsp3) is 0.438. The molecular formula is C16H20N2S. The predicted octanol–water partition coefficient (Wildman–Crippen LogP) is 4.19. The van der Waals surface area contributed by atoms with Crippen molar-refractivity contribution >= 4 is 11.3 Å². The van der Waals surface area contributed by atoms with Gasteiger partial charge in [-0.3, -0.25) is 0 Å². The van der Waals surface area contributed by atoms with Crippen molar-refractivity contribution in [1.82, 2.24) is 4.98 Å². The quantitative estimate of drug-likeness (QED) is 0.910. The first-order valence-electron chi connectivity index (χ1n) is 6.82. The van der Waals surface area contributed by atoms with Gasteiger partial charge in [0.15, 0.2) is 0 Å². The molecule has 1 fully saturated rings. The smallest absolute Gasteiger partial charge is 0.123 e. The third-order valence-corrected chi connectivity index (χ3v) is 4.93. The van der Waals surface area contributed by atoms with E-state index in [1.807, 2.05) is 0 Å². The Morgan fingerprint density at radius 1 is 1.32 bits per heavy atom. The minimum Gasteiger partial charge on any atom is -0.321 e. The number of thiazole rings is 1. The Kier molecular flexibility index (Phi) is 2.99. The highest BCUT2D eigenvalue weighted by Gasteiger charge is 2.34. The number of aryl methyl sites for hydroxylation is 1. The first-order chi connectivity index (χ1) is 8.95. The maximum Gasteiger partial charge on any atom is 0.123 e. The summed E-state index contributed by atoms with van der Waals surface area (Å²) in [5, 5.41) is 1.11. The summed E-state index contributed by atoms with van der Waals surface area (Å²) in [6.07, 6.45) is 2.53. The zero-order chi connectivity index (χ0) is 13.6. The molecule has 0 bridgehead atoms. The lowest BCUT2D eigenvalue weighted by Crippen LogP contribution is -2.28. The molecule has 0 spiro atoms. The van der Waals surface area contributed by atoms with Gasteiger partial charge in [0, 0.05) is 21.9 Å². The van der Waals surface area contributed by atoms with Crippen molar-refractivity contribution in [3.63, 3.8) is 0 Å². The van der Waals surface area contributed by atoms with Gasteiger partial charge in [-0.15, -0.1) is 11.3 Å². The number of rotatable bonds is 3. The van der Waals surface area contributed by atoms with E-state index in [2.05, 4.69) is 45.0 Å². The summed E-state index contributed by atoms with van der Waals surface area (Å²) >= 11 is 1.76. The average molecular weight is 272 g/mol. The van der Waals surface area contributed by atoms with Gasteiger partial charge in [0.05, 0.1) is 5.69 Å². The van der Waals surface area contributed by atoms with Crippen molar-refractivity contribution < 1.29 is 0 Å². The Morgan fingerprint density at radius 2 is 2.05 bits per heavy atom. The Labute approximate surface area is 118 Å². The standard InChI is InChI=1S/C16H20N2S/c1-10-5-4-6-12(9-10)15-18-13(11-7-8-11)14(19-15)16(2,3)17/h4-6,9,11H,7-8,17H2,1-3H3. The molecule has 0 saturated heterocycles. The van der Waals surface area contributed by atoms with Crippen molar-refractivity contribution in [2.24, 2.45) is 5.73 Å². The second-order valence-electron chi connectivity index (χ2n) is 6.10. The topological polar surface area (TPSA) is 38.9 Å². The number of nitrogens with two attached hydrogens (primary N) is 1. The summed E-state index contributed by atoms with van der Waals surface area (Å²) in [5.74, 6) is 0.646. The van der Waals surface area contributed by atoms with Gasteiger partial charge in [-0.2, -0.15) is 0 Å². The largest absolute Gasteiger partial charge is 0.321 e. The van der Waals surface area contributed by atoms with Crippen LogP contribution in [0.25, 0.3) is 10.6 Å². The lowest BCUT2D eigenvalue weighted by Gasteiger charge is -2.17. The van der Waals surface area contributed by atoms with E-state index in [1.165, 1.54) is 34.5 Å². The molecule has 100 valence electrons. The zero-order valence-electron chi connectivity index (χ0n) is 11.7. The summed E-state index contributed by atoms with van der Waals surface area (Å²) in [6, 6.07) is 8.54. The average Bonchev–Trinajstić information content (AvgIpc) is 3.06. The van der Waals surface area contributed by atoms with Crippen LogP contribution in [0.4, 0.5) is 0 Å². The molecular weight excluding hydrogens is 252 g/mol. The monoisotopic (exact) mass is 272 g/mol. The van der Waals surface area contributed by atoms with Gasteiger partial charge in [0.2, 0.25) is 0 Å². The van der Waals surface area contributed by atoms with Crippen LogP contribution in [0.1, 0.15) is 48.7 Å². The van der Waals surface area contributed by atoms with Crippen molar-refractivity contribution in [3.05, 3.63) is 40.4 Å². The maximum absolute atomic E-state index is 6.31. The minimum atomic E-state index is -0.294. The van der Waals surface area contributed by atoms with Crippen LogP contribution in [0, 0.1) is 6.92 Å². The summed E-state index contributed by atoms with van der Waals surface area (Å²) in [5.41, 5.74) is 9.75. The molecule has 2 aromatic rings. The molecule has 1 aromatic carbocycles. The van der Waals surface area contributed by atoms with Crippen molar-refractivity contribution in [1.29, 1.82) is 0 Å². The molecule has 19 heavy (non-hydrogen) atoms. The maximum atomic E-state index is 6.31.